The predicted molar refractivity (Wildman–Crippen MR) is 87.8 cm³/mol. The van der Waals surface area contributed by atoms with Gasteiger partial charge in [-0.05, 0) is 56.2 Å². The quantitative estimate of drug-likeness (QED) is 0.943. The van der Waals surface area contributed by atoms with E-state index in [1.165, 1.54) is 12.1 Å². The van der Waals surface area contributed by atoms with Crippen molar-refractivity contribution in [1.82, 2.24) is 0 Å². The highest BCUT2D eigenvalue weighted by Gasteiger charge is 2.19. The van der Waals surface area contributed by atoms with Crippen molar-refractivity contribution >= 4 is 21.4 Å². The molecule has 5 heteroatoms. The molecule has 0 aromatic heterocycles. The zero-order valence-electron chi connectivity index (χ0n) is 12.9. The van der Waals surface area contributed by atoms with Gasteiger partial charge in [-0.25, -0.2) is 8.42 Å². The molecule has 0 spiro atoms. The van der Waals surface area contributed by atoms with Gasteiger partial charge in [0.1, 0.15) is 5.75 Å². The van der Waals surface area contributed by atoms with Gasteiger partial charge in [0.25, 0.3) is 0 Å². The van der Waals surface area contributed by atoms with E-state index in [9.17, 15) is 13.2 Å². The smallest absolute Gasteiger partial charge is 0.239 e. The van der Waals surface area contributed by atoms with Crippen molar-refractivity contribution in [1.29, 1.82) is 0 Å². The van der Waals surface area contributed by atoms with Crippen molar-refractivity contribution in [3.05, 3.63) is 59.2 Å². The first kappa shape index (κ1) is 16.2. The largest absolute Gasteiger partial charge is 0.325 e. The van der Waals surface area contributed by atoms with Gasteiger partial charge in [-0.15, -0.1) is 0 Å². The lowest BCUT2D eigenvalue weighted by atomic mass is 10.1. The molecule has 1 amide bonds. The average molecular weight is 317 g/mol. The molecule has 116 valence electrons. The molecule has 0 saturated carbocycles. The number of rotatable bonds is 4. The van der Waals surface area contributed by atoms with Crippen molar-refractivity contribution in [3.8, 4) is 0 Å². The summed E-state index contributed by atoms with van der Waals surface area (Å²) >= 11 is 0. The van der Waals surface area contributed by atoms with Gasteiger partial charge in [0.15, 0.2) is 9.84 Å². The van der Waals surface area contributed by atoms with Crippen LogP contribution in [0, 0.1) is 20.8 Å². The third kappa shape index (κ3) is 3.95. The minimum atomic E-state index is -3.63. The summed E-state index contributed by atoms with van der Waals surface area (Å²) in [6.45, 7) is 5.79. The van der Waals surface area contributed by atoms with E-state index in [-0.39, 0.29) is 4.90 Å². The lowest BCUT2D eigenvalue weighted by Gasteiger charge is -2.08. The zero-order valence-corrected chi connectivity index (χ0v) is 13.7. The molecule has 22 heavy (non-hydrogen) atoms. The number of hydrogen-bond acceptors (Lipinski definition) is 3. The van der Waals surface area contributed by atoms with Crippen molar-refractivity contribution in [2.45, 2.75) is 25.7 Å². The molecule has 0 radical (unpaired) electrons. The molecule has 0 fully saturated rings. The number of carbonyl (C=O) groups excluding carboxylic acids is 1. The summed E-state index contributed by atoms with van der Waals surface area (Å²) in [6.07, 6.45) is 0. The number of anilines is 1. The Morgan fingerprint density at radius 3 is 2.18 bits per heavy atom. The molecule has 0 aliphatic rings. The molecule has 2 rings (SSSR count). The lowest BCUT2D eigenvalue weighted by Crippen LogP contribution is -2.23. The van der Waals surface area contributed by atoms with Gasteiger partial charge in [-0.1, -0.05) is 23.8 Å². The number of aryl methyl sites for hydroxylation is 3. The Bertz CT molecular complexity index is 793. The van der Waals surface area contributed by atoms with Crippen LogP contribution in [0.4, 0.5) is 5.69 Å². The molecule has 0 aliphatic carbocycles. The fourth-order valence-corrected chi connectivity index (χ4v) is 3.15. The van der Waals surface area contributed by atoms with Crippen LogP contribution in [0.1, 0.15) is 16.7 Å². The molecule has 1 N–H and O–H groups in total. The van der Waals surface area contributed by atoms with Crippen molar-refractivity contribution in [2.24, 2.45) is 0 Å². The minimum Gasteiger partial charge on any atom is -0.325 e. The van der Waals surface area contributed by atoms with E-state index in [4.69, 9.17) is 0 Å². The molecule has 0 bridgehead atoms. The van der Waals surface area contributed by atoms with Crippen LogP contribution in [0.2, 0.25) is 0 Å². The normalized spacial score (nSPS) is 11.2. The van der Waals surface area contributed by atoms with Gasteiger partial charge in [0.05, 0.1) is 4.90 Å². The SMILES string of the molecule is Cc1ccc(S(=O)(=O)CC(=O)Nc2ccc(C)c(C)c2)cc1. The zero-order chi connectivity index (χ0) is 16.3. The van der Waals surface area contributed by atoms with Crippen LogP contribution in [-0.2, 0) is 14.6 Å². The maximum Gasteiger partial charge on any atom is 0.239 e. The van der Waals surface area contributed by atoms with E-state index < -0.39 is 21.5 Å². The first-order valence-corrected chi connectivity index (χ1v) is 8.60. The van der Waals surface area contributed by atoms with E-state index in [0.717, 1.165) is 16.7 Å². The molecule has 2 aromatic rings. The van der Waals surface area contributed by atoms with Crippen LogP contribution >= 0.6 is 0 Å². The number of benzene rings is 2. The average Bonchev–Trinajstić information content (AvgIpc) is 2.42. The number of amides is 1. The second kappa shape index (κ2) is 6.32. The Kier molecular flexibility index (Phi) is 4.66. The van der Waals surface area contributed by atoms with Crippen molar-refractivity contribution < 1.29 is 13.2 Å². The van der Waals surface area contributed by atoms with Gasteiger partial charge in [0, 0.05) is 5.69 Å². The Morgan fingerprint density at radius 2 is 1.59 bits per heavy atom. The van der Waals surface area contributed by atoms with Crippen LogP contribution in [0.15, 0.2) is 47.4 Å². The summed E-state index contributed by atoms with van der Waals surface area (Å²) in [4.78, 5) is 12.1. The standard InChI is InChI=1S/C17H19NO3S/c1-12-4-8-16(9-5-12)22(20,21)11-17(19)18-15-7-6-13(2)14(3)10-15/h4-10H,11H2,1-3H3,(H,18,19). The van der Waals surface area contributed by atoms with Crippen LogP contribution in [0.5, 0.6) is 0 Å². The molecular weight excluding hydrogens is 298 g/mol. The Hall–Kier alpha value is -2.14. The highest BCUT2D eigenvalue weighted by atomic mass is 32.2. The summed E-state index contributed by atoms with van der Waals surface area (Å²) < 4.78 is 24.4. The van der Waals surface area contributed by atoms with Crippen molar-refractivity contribution in [2.75, 3.05) is 11.1 Å². The maximum atomic E-state index is 12.2. The van der Waals surface area contributed by atoms with Gasteiger partial charge in [0.2, 0.25) is 5.91 Å². The predicted octanol–water partition coefficient (Wildman–Crippen LogP) is 3.02. The van der Waals surface area contributed by atoms with Crippen LogP contribution < -0.4 is 5.32 Å². The monoisotopic (exact) mass is 317 g/mol. The first-order chi connectivity index (χ1) is 10.3. The van der Waals surface area contributed by atoms with E-state index in [1.807, 2.05) is 32.9 Å². The van der Waals surface area contributed by atoms with Gasteiger partial charge in [-0.3, -0.25) is 4.79 Å². The minimum absolute atomic E-state index is 0.160. The van der Waals surface area contributed by atoms with Crippen LogP contribution in [0.25, 0.3) is 0 Å². The molecule has 2 aromatic carbocycles. The second-order valence-electron chi connectivity index (χ2n) is 5.42. The number of carbonyl (C=O) groups is 1. The van der Waals surface area contributed by atoms with E-state index in [0.29, 0.717) is 5.69 Å². The number of hydrogen-bond donors (Lipinski definition) is 1. The summed E-state index contributed by atoms with van der Waals surface area (Å²) in [5, 5.41) is 2.63. The maximum absolute atomic E-state index is 12.2. The van der Waals surface area contributed by atoms with Crippen LogP contribution in [-0.4, -0.2) is 20.1 Å². The Balaban J connectivity index is 2.10. The summed E-state index contributed by atoms with van der Waals surface area (Å²) in [6, 6.07) is 12.0. The lowest BCUT2D eigenvalue weighted by molar-refractivity contribution is -0.113. The summed E-state index contributed by atoms with van der Waals surface area (Å²) in [5.41, 5.74) is 3.73. The first-order valence-electron chi connectivity index (χ1n) is 6.94. The Labute approximate surface area is 131 Å². The molecule has 0 atom stereocenters. The highest BCUT2D eigenvalue weighted by Crippen LogP contribution is 2.16. The molecule has 0 unspecified atom stereocenters. The molecule has 4 nitrogen and oxygen atoms in total. The second-order valence-corrected chi connectivity index (χ2v) is 7.41. The molecular formula is C17H19NO3S. The fourth-order valence-electron chi connectivity index (χ4n) is 2.02. The summed E-state index contributed by atoms with van der Waals surface area (Å²) in [7, 11) is -3.63. The molecule has 0 heterocycles. The highest BCUT2D eigenvalue weighted by molar-refractivity contribution is 7.92. The van der Waals surface area contributed by atoms with Gasteiger partial charge < -0.3 is 5.32 Å². The Morgan fingerprint density at radius 1 is 0.955 bits per heavy atom. The molecule has 0 saturated heterocycles. The topological polar surface area (TPSA) is 63.2 Å². The molecule has 0 aliphatic heterocycles. The van der Waals surface area contributed by atoms with Gasteiger partial charge >= 0.3 is 0 Å². The third-order valence-electron chi connectivity index (χ3n) is 3.49. The van der Waals surface area contributed by atoms with Crippen molar-refractivity contribution in [3.63, 3.8) is 0 Å². The number of sulfone groups is 1. The van der Waals surface area contributed by atoms with E-state index in [1.54, 1.807) is 18.2 Å². The fraction of sp³-hybridized carbons (Fsp3) is 0.235. The summed E-state index contributed by atoms with van der Waals surface area (Å²) in [5.74, 6) is -1.10. The third-order valence-corrected chi connectivity index (χ3v) is 5.12. The van der Waals surface area contributed by atoms with Crippen LogP contribution in [0.3, 0.4) is 0 Å². The van der Waals surface area contributed by atoms with E-state index >= 15 is 0 Å². The van der Waals surface area contributed by atoms with E-state index in [2.05, 4.69) is 5.32 Å². The van der Waals surface area contributed by atoms with Gasteiger partial charge in [-0.2, -0.15) is 0 Å². The number of nitrogens with one attached hydrogen (secondary N) is 1.